The van der Waals surface area contributed by atoms with Gasteiger partial charge in [-0.25, -0.2) is 0 Å². The maximum Gasteiger partial charge on any atom is 0.172 e. The highest BCUT2D eigenvalue weighted by molar-refractivity contribution is 6.05. The van der Waals surface area contributed by atoms with Gasteiger partial charge in [-0.15, -0.1) is 0 Å². The number of hydrogen-bond acceptors (Lipinski definition) is 5. The normalized spacial score (nSPS) is 14.2. The van der Waals surface area contributed by atoms with Gasteiger partial charge in [0.05, 0.1) is 24.5 Å². The van der Waals surface area contributed by atoms with E-state index in [1.54, 1.807) is 12.1 Å². The number of anilines is 1. The van der Waals surface area contributed by atoms with E-state index < -0.39 is 0 Å². The standard InChI is InChI=1S/C11H13NO4/c12-11-9(16-6-4-13)2-1-8-10(11)7(14)3-5-15-8/h1-2,13H,3-6,12H2. The van der Waals surface area contributed by atoms with Gasteiger partial charge in [0.1, 0.15) is 18.1 Å². The quantitative estimate of drug-likeness (QED) is 0.733. The van der Waals surface area contributed by atoms with Crippen molar-refractivity contribution in [2.45, 2.75) is 6.42 Å². The zero-order valence-electron chi connectivity index (χ0n) is 8.73. The summed E-state index contributed by atoms with van der Waals surface area (Å²) < 4.78 is 10.5. The predicted molar refractivity (Wildman–Crippen MR) is 57.9 cm³/mol. The molecule has 0 spiro atoms. The average molecular weight is 223 g/mol. The highest BCUT2D eigenvalue weighted by atomic mass is 16.5. The highest BCUT2D eigenvalue weighted by Gasteiger charge is 2.23. The lowest BCUT2D eigenvalue weighted by Crippen LogP contribution is -2.18. The van der Waals surface area contributed by atoms with E-state index in [1.807, 2.05) is 0 Å². The smallest absolute Gasteiger partial charge is 0.172 e. The van der Waals surface area contributed by atoms with E-state index in [9.17, 15) is 4.79 Å². The van der Waals surface area contributed by atoms with Gasteiger partial charge < -0.3 is 20.3 Å². The monoisotopic (exact) mass is 223 g/mol. The van der Waals surface area contributed by atoms with Gasteiger partial charge in [0.25, 0.3) is 0 Å². The highest BCUT2D eigenvalue weighted by Crippen LogP contribution is 2.35. The number of aliphatic hydroxyl groups is 1. The number of nitrogen functional groups attached to an aromatic ring is 1. The van der Waals surface area contributed by atoms with Gasteiger partial charge >= 0.3 is 0 Å². The molecule has 1 heterocycles. The van der Waals surface area contributed by atoms with E-state index in [0.717, 1.165) is 0 Å². The number of aliphatic hydroxyl groups excluding tert-OH is 1. The molecule has 5 nitrogen and oxygen atoms in total. The van der Waals surface area contributed by atoms with Crippen molar-refractivity contribution in [2.24, 2.45) is 0 Å². The molecular weight excluding hydrogens is 210 g/mol. The lowest BCUT2D eigenvalue weighted by atomic mass is 10.0. The maximum absolute atomic E-state index is 11.7. The fourth-order valence-corrected chi connectivity index (χ4v) is 1.65. The summed E-state index contributed by atoms with van der Waals surface area (Å²) >= 11 is 0. The van der Waals surface area contributed by atoms with Gasteiger partial charge in [-0.05, 0) is 12.1 Å². The van der Waals surface area contributed by atoms with Crippen molar-refractivity contribution in [1.29, 1.82) is 0 Å². The number of hydrogen-bond donors (Lipinski definition) is 2. The zero-order valence-corrected chi connectivity index (χ0v) is 8.73. The number of rotatable bonds is 3. The molecule has 0 unspecified atom stereocenters. The number of benzene rings is 1. The number of carbonyl (C=O) groups is 1. The van der Waals surface area contributed by atoms with E-state index in [0.29, 0.717) is 30.1 Å². The van der Waals surface area contributed by atoms with E-state index in [1.165, 1.54) is 0 Å². The fourth-order valence-electron chi connectivity index (χ4n) is 1.65. The van der Waals surface area contributed by atoms with Crippen molar-refractivity contribution in [3.8, 4) is 11.5 Å². The molecule has 0 saturated carbocycles. The summed E-state index contributed by atoms with van der Waals surface area (Å²) in [6, 6.07) is 3.30. The van der Waals surface area contributed by atoms with E-state index in [-0.39, 0.29) is 24.7 Å². The Balaban J connectivity index is 2.37. The molecular formula is C11H13NO4. The molecule has 0 fully saturated rings. The van der Waals surface area contributed by atoms with Crippen LogP contribution >= 0.6 is 0 Å². The van der Waals surface area contributed by atoms with Crippen LogP contribution in [0.2, 0.25) is 0 Å². The molecule has 0 bridgehead atoms. The van der Waals surface area contributed by atoms with Crippen LogP contribution in [0.5, 0.6) is 11.5 Å². The molecule has 0 aliphatic carbocycles. The van der Waals surface area contributed by atoms with Gasteiger partial charge in [0.2, 0.25) is 0 Å². The van der Waals surface area contributed by atoms with Crippen LogP contribution in [-0.2, 0) is 0 Å². The SMILES string of the molecule is Nc1c(OCCO)ccc2c1C(=O)CCO2. The van der Waals surface area contributed by atoms with Crippen LogP contribution in [0, 0.1) is 0 Å². The third kappa shape index (κ3) is 1.81. The minimum absolute atomic E-state index is 0.0341. The molecule has 5 heteroatoms. The second-order valence-corrected chi connectivity index (χ2v) is 3.44. The molecule has 3 N–H and O–H groups in total. The van der Waals surface area contributed by atoms with Crippen molar-refractivity contribution < 1.29 is 19.4 Å². The summed E-state index contributed by atoms with van der Waals surface area (Å²) in [5.74, 6) is 0.880. The van der Waals surface area contributed by atoms with Crippen LogP contribution in [0.15, 0.2) is 12.1 Å². The summed E-state index contributed by atoms with van der Waals surface area (Å²) in [5.41, 5.74) is 6.51. The number of carbonyl (C=O) groups excluding carboxylic acids is 1. The molecule has 86 valence electrons. The van der Waals surface area contributed by atoms with Gasteiger partial charge in [-0.2, -0.15) is 0 Å². The number of ketones is 1. The average Bonchev–Trinajstić information content (AvgIpc) is 2.28. The van der Waals surface area contributed by atoms with Crippen LogP contribution in [0.25, 0.3) is 0 Å². The van der Waals surface area contributed by atoms with Crippen molar-refractivity contribution in [3.05, 3.63) is 17.7 Å². The van der Waals surface area contributed by atoms with Crippen molar-refractivity contribution in [2.75, 3.05) is 25.6 Å². The molecule has 0 aromatic heterocycles. The first-order valence-corrected chi connectivity index (χ1v) is 5.06. The molecule has 1 aromatic carbocycles. The van der Waals surface area contributed by atoms with E-state index in [4.69, 9.17) is 20.3 Å². The first kappa shape index (κ1) is 10.8. The number of ether oxygens (including phenoxy) is 2. The molecule has 0 amide bonds. The zero-order chi connectivity index (χ0) is 11.5. The summed E-state index contributed by atoms with van der Waals surface area (Å²) in [6.07, 6.45) is 0.334. The molecule has 2 rings (SSSR count). The molecule has 0 radical (unpaired) electrons. The Kier molecular flexibility index (Phi) is 2.96. The molecule has 0 saturated heterocycles. The molecule has 1 aromatic rings. The van der Waals surface area contributed by atoms with E-state index >= 15 is 0 Å². The first-order chi connectivity index (χ1) is 7.74. The van der Waals surface area contributed by atoms with Crippen molar-refractivity contribution >= 4 is 11.5 Å². The van der Waals surface area contributed by atoms with Crippen LogP contribution < -0.4 is 15.2 Å². The maximum atomic E-state index is 11.7. The Morgan fingerprint density at radius 3 is 3.06 bits per heavy atom. The predicted octanol–water partition coefficient (Wildman–Crippen LogP) is 0.605. The Morgan fingerprint density at radius 1 is 1.50 bits per heavy atom. The fraction of sp³-hybridized carbons (Fsp3) is 0.364. The number of fused-ring (bicyclic) bond motifs is 1. The Bertz CT molecular complexity index is 417. The van der Waals surface area contributed by atoms with Gasteiger partial charge in [0, 0.05) is 6.42 Å². The second kappa shape index (κ2) is 4.40. The van der Waals surface area contributed by atoms with Crippen molar-refractivity contribution in [1.82, 2.24) is 0 Å². The Hall–Kier alpha value is -1.75. The van der Waals surface area contributed by atoms with Gasteiger partial charge in [0.15, 0.2) is 5.78 Å². The molecule has 1 aliphatic heterocycles. The van der Waals surface area contributed by atoms with Crippen molar-refractivity contribution in [3.63, 3.8) is 0 Å². The molecule has 16 heavy (non-hydrogen) atoms. The largest absolute Gasteiger partial charge is 0.492 e. The number of nitrogens with two attached hydrogens (primary N) is 1. The van der Waals surface area contributed by atoms with Gasteiger partial charge in [-0.3, -0.25) is 4.79 Å². The Labute approximate surface area is 92.8 Å². The summed E-state index contributed by atoms with van der Waals surface area (Å²) in [4.78, 5) is 11.7. The Morgan fingerprint density at radius 2 is 2.31 bits per heavy atom. The third-order valence-corrected chi connectivity index (χ3v) is 2.38. The minimum atomic E-state index is -0.0963. The summed E-state index contributed by atoms with van der Waals surface area (Å²) in [7, 11) is 0. The second-order valence-electron chi connectivity index (χ2n) is 3.44. The van der Waals surface area contributed by atoms with Gasteiger partial charge in [-0.1, -0.05) is 0 Å². The van der Waals surface area contributed by atoms with E-state index in [2.05, 4.69) is 0 Å². The minimum Gasteiger partial charge on any atom is -0.492 e. The molecule has 0 atom stereocenters. The topological polar surface area (TPSA) is 81.8 Å². The van der Waals surface area contributed by atoms with Crippen LogP contribution in [0.4, 0.5) is 5.69 Å². The van der Waals surface area contributed by atoms with Crippen LogP contribution in [0.1, 0.15) is 16.8 Å². The lowest BCUT2D eigenvalue weighted by Gasteiger charge is -2.19. The first-order valence-electron chi connectivity index (χ1n) is 5.06. The van der Waals surface area contributed by atoms with Crippen LogP contribution in [-0.4, -0.2) is 30.7 Å². The lowest BCUT2D eigenvalue weighted by molar-refractivity contribution is 0.0934. The summed E-state index contributed by atoms with van der Waals surface area (Å²) in [5, 5.41) is 8.65. The summed E-state index contributed by atoms with van der Waals surface area (Å²) in [6.45, 7) is 0.446. The third-order valence-electron chi connectivity index (χ3n) is 2.38. The molecule has 1 aliphatic rings. The number of Topliss-reactive ketones (excluding diaryl/α,β-unsaturated/α-hetero) is 1. The van der Waals surface area contributed by atoms with Crippen LogP contribution in [0.3, 0.4) is 0 Å².